The second kappa shape index (κ2) is 5.03. The van der Waals surface area contributed by atoms with E-state index >= 15 is 0 Å². The first-order chi connectivity index (χ1) is 8.36. The molecule has 0 fully saturated rings. The van der Waals surface area contributed by atoms with Crippen molar-refractivity contribution in [2.75, 3.05) is 12.3 Å². The van der Waals surface area contributed by atoms with Crippen LogP contribution >= 0.6 is 11.8 Å². The van der Waals surface area contributed by atoms with Crippen molar-refractivity contribution in [1.29, 1.82) is 0 Å². The quantitative estimate of drug-likeness (QED) is 0.880. The maximum absolute atomic E-state index is 3.67. The van der Waals surface area contributed by atoms with Gasteiger partial charge in [-0.05, 0) is 61.4 Å². The molecule has 1 aromatic carbocycles. The normalized spacial score (nSPS) is 22.3. The molecule has 0 spiro atoms. The van der Waals surface area contributed by atoms with Crippen molar-refractivity contribution in [3.8, 4) is 0 Å². The molecule has 0 amide bonds. The summed E-state index contributed by atoms with van der Waals surface area (Å²) in [6.45, 7) is 3.41. The topological polar surface area (TPSA) is 12.0 Å². The largest absolute Gasteiger partial charge is 0.314 e. The third-order valence-corrected chi connectivity index (χ3v) is 5.02. The van der Waals surface area contributed by atoms with Crippen LogP contribution in [0.25, 0.3) is 0 Å². The Morgan fingerprint density at radius 3 is 3.06 bits per heavy atom. The third kappa shape index (κ3) is 2.38. The van der Waals surface area contributed by atoms with Gasteiger partial charge in [0, 0.05) is 16.7 Å². The van der Waals surface area contributed by atoms with Crippen molar-refractivity contribution in [2.45, 2.75) is 50.0 Å². The molecule has 92 valence electrons. The fraction of sp³-hybridized carbons (Fsp3) is 0.600. The molecule has 1 aliphatic carbocycles. The van der Waals surface area contributed by atoms with E-state index in [0.717, 1.165) is 0 Å². The summed E-state index contributed by atoms with van der Waals surface area (Å²) in [5.74, 6) is 1.29. The summed E-state index contributed by atoms with van der Waals surface area (Å²) < 4.78 is 0. The average Bonchev–Trinajstić information content (AvgIpc) is 2.80. The van der Waals surface area contributed by atoms with E-state index in [4.69, 9.17) is 0 Å². The van der Waals surface area contributed by atoms with Crippen LogP contribution in [0.3, 0.4) is 0 Å². The van der Waals surface area contributed by atoms with Gasteiger partial charge in [0.2, 0.25) is 0 Å². The second-order valence-corrected chi connectivity index (χ2v) is 6.36. The third-order valence-electron chi connectivity index (χ3n) is 3.92. The van der Waals surface area contributed by atoms with Crippen LogP contribution in [0.1, 0.15) is 36.5 Å². The van der Waals surface area contributed by atoms with E-state index in [1.54, 1.807) is 21.6 Å². The van der Waals surface area contributed by atoms with Crippen molar-refractivity contribution >= 4 is 11.8 Å². The molecular weight excluding hydrogens is 226 g/mol. The Morgan fingerprint density at radius 1 is 1.24 bits per heavy atom. The van der Waals surface area contributed by atoms with E-state index in [1.807, 2.05) is 11.8 Å². The highest BCUT2D eigenvalue weighted by atomic mass is 32.2. The van der Waals surface area contributed by atoms with Gasteiger partial charge in [0.05, 0.1) is 0 Å². The lowest BCUT2D eigenvalue weighted by atomic mass is 9.87. The van der Waals surface area contributed by atoms with Gasteiger partial charge in [-0.15, -0.1) is 11.8 Å². The summed E-state index contributed by atoms with van der Waals surface area (Å²) in [5.41, 5.74) is 4.84. The summed E-state index contributed by atoms with van der Waals surface area (Å²) in [4.78, 5) is 1.56. The molecule has 0 radical (unpaired) electrons. The van der Waals surface area contributed by atoms with E-state index < -0.39 is 0 Å². The first-order valence-corrected chi connectivity index (χ1v) is 7.86. The summed E-state index contributed by atoms with van der Waals surface area (Å²) in [5, 5.41) is 3.67. The molecule has 0 saturated carbocycles. The molecule has 1 aromatic rings. The van der Waals surface area contributed by atoms with Gasteiger partial charge in [-0.1, -0.05) is 13.0 Å². The van der Waals surface area contributed by atoms with Gasteiger partial charge in [-0.25, -0.2) is 0 Å². The molecule has 1 N–H and O–H groups in total. The Bertz CT molecular complexity index is 414. The first-order valence-electron chi connectivity index (χ1n) is 6.87. The van der Waals surface area contributed by atoms with Crippen LogP contribution in [0.5, 0.6) is 0 Å². The van der Waals surface area contributed by atoms with Crippen molar-refractivity contribution in [3.05, 3.63) is 28.8 Å². The molecule has 0 bridgehead atoms. The number of thioether (sulfide) groups is 1. The minimum Gasteiger partial charge on any atom is -0.314 e. The predicted octanol–water partition coefficient (Wildman–Crippen LogP) is 3.19. The number of fused-ring (bicyclic) bond motifs is 2. The molecule has 1 aliphatic heterocycles. The van der Waals surface area contributed by atoms with Crippen LogP contribution in [-0.4, -0.2) is 18.3 Å². The molecule has 1 atom stereocenters. The number of rotatable bonds is 3. The van der Waals surface area contributed by atoms with Crippen LogP contribution < -0.4 is 5.32 Å². The van der Waals surface area contributed by atoms with E-state index in [0.29, 0.717) is 6.04 Å². The van der Waals surface area contributed by atoms with Crippen LogP contribution in [-0.2, 0) is 19.3 Å². The van der Waals surface area contributed by atoms with Crippen LogP contribution in [0.15, 0.2) is 17.0 Å². The zero-order valence-electron chi connectivity index (χ0n) is 10.6. The lowest BCUT2D eigenvalue weighted by molar-refractivity contribution is 0.458. The maximum atomic E-state index is 3.67. The fourth-order valence-corrected chi connectivity index (χ4v) is 4.08. The molecule has 3 rings (SSSR count). The van der Waals surface area contributed by atoms with Crippen LogP contribution in [0.4, 0.5) is 0 Å². The van der Waals surface area contributed by atoms with Crippen LogP contribution in [0.2, 0.25) is 0 Å². The molecule has 2 aliphatic rings. The molecule has 0 saturated heterocycles. The number of hydrogen-bond donors (Lipinski definition) is 1. The summed E-state index contributed by atoms with van der Waals surface area (Å²) in [6, 6.07) is 5.68. The molecule has 1 nitrogen and oxygen atoms in total. The predicted molar refractivity (Wildman–Crippen MR) is 75.0 cm³/mol. The average molecular weight is 247 g/mol. The summed E-state index contributed by atoms with van der Waals surface area (Å²) in [7, 11) is 0. The zero-order chi connectivity index (χ0) is 11.7. The first kappa shape index (κ1) is 11.6. The van der Waals surface area contributed by atoms with Crippen molar-refractivity contribution < 1.29 is 0 Å². The Morgan fingerprint density at radius 2 is 2.18 bits per heavy atom. The highest BCUT2D eigenvalue weighted by Crippen LogP contribution is 2.35. The van der Waals surface area contributed by atoms with Crippen molar-refractivity contribution in [1.82, 2.24) is 5.32 Å². The number of hydrogen-bond acceptors (Lipinski definition) is 2. The highest BCUT2D eigenvalue weighted by molar-refractivity contribution is 7.99. The van der Waals surface area contributed by atoms with Gasteiger partial charge in [-0.3, -0.25) is 0 Å². The van der Waals surface area contributed by atoms with E-state index in [1.165, 1.54) is 44.4 Å². The molecule has 0 aromatic heterocycles. The monoisotopic (exact) mass is 247 g/mol. The Labute approximate surface area is 108 Å². The SMILES string of the molecule is CCCN[C@H]1CCc2cc3c(cc2C1)SCC3. The fourth-order valence-electron chi connectivity index (χ4n) is 2.96. The van der Waals surface area contributed by atoms with Gasteiger partial charge < -0.3 is 5.32 Å². The number of aryl methyl sites for hydroxylation is 2. The van der Waals surface area contributed by atoms with Crippen LogP contribution in [0, 0.1) is 0 Å². The Kier molecular flexibility index (Phi) is 3.44. The zero-order valence-corrected chi connectivity index (χ0v) is 11.4. The number of nitrogens with one attached hydrogen (secondary N) is 1. The maximum Gasteiger partial charge on any atom is 0.0111 e. The van der Waals surface area contributed by atoms with Gasteiger partial charge in [-0.2, -0.15) is 0 Å². The Balaban J connectivity index is 1.78. The van der Waals surface area contributed by atoms with Gasteiger partial charge in [0.15, 0.2) is 0 Å². The summed E-state index contributed by atoms with van der Waals surface area (Å²) in [6.07, 6.45) is 6.35. The molecule has 2 heteroatoms. The lowest BCUT2D eigenvalue weighted by Crippen LogP contribution is -2.35. The second-order valence-electron chi connectivity index (χ2n) is 5.22. The summed E-state index contributed by atoms with van der Waals surface area (Å²) >= 11 is 2.04. The van der Waals surface area contributed by atoms with E-state index in [-0.39, 0.29) is 0 Å². The molecular formula is C15H21NS. The minimum absolute atomic E-state index is 0.715. The number of benzene rings is 1. The van der Waals surface area contributed by atoms with Gasteiger partial charge in [0.1, 0.15) is 0 Å². The van der Waals surface area contributed by atoms with E-state index in [2.05, 4.69) is 24.4 Å². The van der Waals surface area contributed by atoms with Crippen molar-refractivity contribution in [3.63, 3.8) is 0 Å². The molecule has 17 heavy (non-hydrogen) atoms. The lowest BCUT2D eigenvalue weighted by Gasteiger charge is -2.26. The molecule has 0 unspecified atom stereocenters. The molecule has 1 heterocycles. The Hall–Kier alpha value is -0.470. The smallest absolute Gasteiger partial charge is 0.0111 e. The van der Waals surface area contributed by atoms with Gasteiger partial charge in [0.25, 0.3) is 0 Å². The van der Waals surface area contributed by atoms with Crippen molar-refractivity contribution in [2.24, 2.45) is 0 Å². The minimum atomic E-state index is 0.715. The highest BCUT2D eigenvalue weighted by Gasteiger charge is 2.21. The standard InChI is InChI=1S/C15H21NS/c1-2-6-16-14-4-3-11-8-12-5-7-17-15(12)10-13(11)9-14/h8,10,14,16H,2-7,9H2,1H3/t14-/m0/s1. The van der Waals surface area contributed by atoms with Gasteiger partial charge >= 0.3 is 0 Å². The van der Waals surface area contributed by atoms with E-state index in [9.17, 15) is 0 Å².